The molecule has 120 valence electrons. The fourth-order valence-electron chi connectivity index (χ4n) is 3.86. The summed E-state index contributed by atoms with van der Waals surface area (Å²) in [6.07, 6.45) is 7.54. The van der Waals surface area contributed by atoms with E-state index in [9.17, 15) is 14.7 Å². The van der Waals surface area contributed by atoms with Gasteiger partial charge in [-0.3, -0.25) is 4.79 Å². The molecule has 5 nitrogen and oxygen atoms in total. The predicted octanol–water partition coefficient (Wildman–Crippen LogP) is 2.06. The van der Waals surface area contributed by atoms with E-state index in [4.69, 9.17) is 0 Å². The van der Waals surface area contributed by atoms with Crippen molar-refractivity contribution in [3.63, 3.8) is 0 Å². The molecule has 1 saturated heterocycles. The van der Waals surface area contributed by atoms with Gasteiger partial charge in [-0.1, -0.05) is 32.6 Å². The average Bonchev–Trinajstić information content (AvgIpc) is 2.49. The molecule has 0 aromatic heterocycles. The molecule has 1 aliphatic carbocycles. The largest absolute Gasteiger partial charge is 0.480 e. The van der Waals surface area contributed by atoms with Crippen LogP contribution in [-0.2, 0) is 9.59 Å². The molecule has 2 fully saturated rings. The van der Waals surface area contributed by atoms with Crippen LogP contribution >= 0.6 is 0 Å². The third-order valence-electron chi connectivity index (χ3n) is 5.15. The first kappa shape index (κ1) is 16.3. The van der Waals surface area contributed by atoms with Crippen molar-refractivity contribution in [3.8, 4) is 0 Å². The number of amides is 1. The minimum Gasteiger partial charge on any atom is -0.480 e. The molecule has 2 aliphatic rings. The van der Waals surface area contributed by atoms with Crippen LogP contribution < -0.4 is 10.6 Å². The standard InChI is InChI=1S/C16H28N2O3/c1-2-7-15(8-6-11-17-12-15)13(19)18-16(14(20)21)9-4-3-5-10-16/h17H,2-12H2,1H3,(H,18,19)(H,20,21). The fraction of sp³-hybridized carbons (Fsp3) is 0.875. The Kier molecular flexibility index (Phi) is 5.25. The van der Waals surface area contributed by atoms with Crippen LogP contribution in [0.25, 0.3) is 0 Å². The van der Waals surface area contributed by atoms with Crippen molar-refractivity contribution in [1.82, 2.24) is 10.6 Å². The molecule has 0 spiro atoms. The Morgan fingerprint density at radius 1 is 1.14 bits per heavy atom. The molecule has 5 heteroatoms. The van der Waals surface area contributed by atoms with Gasteiger partial charge in [0.15, 0.2) is 0 Å². The Labute approximate surface area is 126 Å². The molecular weight excluding hydrogens is 268 g/mol. The van der Waals surface area contributed by atoms with Crippen LogP contribution in [0.15, 0.2) is 0 Å². The van der Waals surface area contributed by atoms with Gasteiger partial charge in [-0.15, -0.1) is 0 Å². The lowest BCUT2D eigenvalue weighted by atomic mass is 9.74. The molecule has 3 N–H and O–H groups in total. The minimum absolute atomic E-state index is 0.0548. The zero-order valence-corrected chi connectivity index (χ0v) is 13.0. The van der Waals surface area contributed by atoms with Crippen LogP contribution in [-0.4, -0.2) is 35.6 Å². The van der Waals surface area contributed by atoms with Crippen molar-refractivity contribution in [2.45, 2.75) is 70.3 Å². The summed E-state index contributed by atoms with van der Waals surface area (Å²) >= 11 is 0. The van der Waals surface area contributed by atoms with Crippen LogP contribution in [0.4, 0.5) is 0 Å². The van der Waals surface area contributed by atoms with E-state index in [2.05, 4.69) is 17.6 Å². The monoisotopic (exact) mass is 296 g/mol. The number of carboxylic acid groups (broad SMARTS) is 1. The molecule has 1 aliphatic heterocycles. The Morgan fingerprint density at radius 3 is 2.38 bits per heavy atom. The van der Waals surface area contributed by atoms with E-state index >= 15 is 0 Å². The first-order valence-corrected chi connectivity index (χ1v) is 8.31. The number of carboxylic acids is 1. The maximum absolute atomic E-state index is 12.9. The summed E-state index contributed by atoms with van der Waals surface area (Å²) in [5.41, 5.74) is -1.46. The highest BCUT2D eigenvalue weighted by atomic mass is 16.4. The van der Waals surface area contributed by atoms with Crippen LogP contribution in [0.5, 0.6) is 0 Å². The summed E-state index contributed by atoms with van der Waals surface area (Å²) in [7, 11) is 0. The Bertz CT molecular complexity index is 377. The van der Waals surface area contributed by atoms with Crippen molar-refractivity contribution < 1.29 is 14.7 Å². The molecule has 1 amide bonds. The molecule has 0 bridgehead atoms. The Hall–Kier alpha value is -1.10. The van der Waals surface area contributed by atoms with E-state index in [1.165, 1.54) is 0 Å². The summed E-state index contributed by atoms with van der Waals surface area (Å²) < 4.78 is 0. The maximum Gasteiger partial charge on any atom is 0.329 e. The normalized spacial score (nSPS) is 28.8. The van der Waals surface area contributed by atoms with Crippen LogP contribution in [0.2, 0.25) is 0 Å². The van der Waals surface area contributed by atoms with Crippen molar-refractivity contribution in [1.29, 1.82) is 0 Å². The highest BCUT2D eigenvalue weighted by molar-refractivity contribution is 5.90. The quantitative estimate of drug-likeness (QED) is 0.725. The number of hydrogen-bond acceptors (Lipinski definition) is 3. The summed E-state index contributed by atoms with van der Waals surface area (Å²) in [5, 5.41) is 15.9. The molecular formula is C16H28N2O3. The summed E-state index contributed by atoms with van der Waals surface area (Å²) in [5.74, 6) is -0.924. The van der Waals surface area contributed by atoms with Gasteiger partial charge in [0, 0.05) is 6.54 Å². The summed E-state index contributed by atoms with van der Waals surface area (Å²) in [4.78, 5) is 24.6. The molecule has 1 unspecified atom stereocenters. The molecule has 1 heterocycles. The topological polar surface area (TPSA) is 78.4 Å². The van der Waals surface area contributed by atoms with Crippen LogP contribution in [0.3, 0.4) is 0 Å². The van der Waals surface area contributed by atoms with E-state index in [-0.39, 0.29) is 5.91 Å². The number of piperidine rings is 1. The fourth-order valence-corrected chi connectivity index (χ4v) is 3.86. The SMILES string of the molecule is CCCC1(C(=O)NC2(C(=O)O)CCCCC2)CCCNC1. The number of aliphatic carboxylic acids is 1. The smallest absolute Gasteiger partial charge is 0.329 e. The molecule has 21 heavy (non-hydrogen) atoms. The highest BCUT2D eigenvalue weighted by Crippen LogP contribution is 2.35. The van der Waals surface area contributed by atoms with E-state index in [1.54, 1.807) is 0 Å². The van der Waals surface area contributed by atoms with E-state index in [1.807, 2.05) is 0 Å². The zero-order chi connectivity index (χ0) is 15.3. The number of hydrogen-bond donors (Lipinski definition) is 3. The molecule has 1 saturated carbocycles. The lowest BCUT2D eigenvalue weighted by Gasteiger charge is -2.41. The predicted molar refractivity (Wildman–Crippen MR) is 81.0 cm³/mol. The lowest BCUT2D eigenvalue weighted by molar-refractivity contribution is -0.152. The maximum atomic E-state index is 12.9. The van der Waals surface area contributed by atoms with Gasteiger partial charge in [0.25, 0.3) is 0 Å². The van der Waals surface area contributed by atoms with Crippen molar-refractivity contribution >= 4 is 11.9 Å². The zero-order valence-electron chi connectivity index (χ0n) is 13.0. The Balaban J connectivity index is 2.14. The number of rotatable bonds is 5. The van der Waals surface area contributed by atoms with Crippen molar-refractivity contribution in [2.75, 3.05) is 13.1 Å². The third-order valence-corrected chi connectivity index (χ3v) is 5.15. The van der Waals surface area contributed by atoms with Gasteiger partial charge in [0.1, 0.15) is 5.54 Å². The Morgan fingerprint density at radius 2 is 1.86 bits per heavy atom. The lowest BCUT2D eigenvalue weighted by Crippen LogP contribution is -2.61. The molecule has 0 aromatic rings. The van der Waals surface area contributed by atoms with Gasteiger partial charge in [-0.2, -0.15) is 0 Å². The third kappa shape index (κ3) is 3.39. The van der Waals surface area contributed by atoms with E-state index in [0.717, 1.165) is 51.5 Å². The number of carbonyl (C=O) groups is 2. The molecule has 0 aromatic carbocycles. The van der Waals surface area contributed by atoms with Gasteiger partial charge in [0.2, 0.25) is 5.91 Å². The van der Waals surface area contributed by atoms with E-state index in [0.29, 0.717) is 19.4 Å². The average molecular weight is 296 g/mol. The van der Waals surface area contributed by atoms with Gasteiger partial charge in [-0.25, -0.2) is 4.79 Å². The van der Waals surface area contributed by atoms with Gasteiger partial charge in [-0.05, 0) is 38.6 Å². The van der Waals surface area contributed by atoms with Crippen molar-refractivity contribution in [3.05, 3.63) is 0 Å². The van der Waals surface area contributed by atoms with Crippen LogP contribution in [0, 0.1) is 5.41 Å². The molecule has 0 radical (unpaired) electrons. The van der Waals surface area contributed by atoms with Crippen molar-refractivity contribution in [2.24, 2.45) is 5.41 Å². The second-order valence-electron chi connectivity index (χ2n) is 6.71. The summed E-state index contributed by atoms with van der Waals surface area (Å²) in [6.45, 7) is 3.70. The minimum atomic E-state index is -1.03. The first-order chi connectivity index (χ1) is 10.0. The van der Waals surface area contributed by atoms with Gasteiger partial charge < -0.3 is 15.7 Å². The molecule has 2 rings (SSSR count). The van der Waals surface area contributed by atoms with Gasteiger partial charge in [0.05, 0.1) is 5.41 Å². The van der Waals surface area contributed by atoms with Crippen LogP contribution in [0.1, 0.15) is 64.7 Å². The van der Waals surface area contributed by atoms with Gasteiger partial charge >= 0.3 is 5.97 Å². The summed E-state index contributed by atoms with van der Waals surface area (Å²) in [6, 6.07) is 0. The number of carbonyl (C=O) groups excluding carboxylic acids is 1. The number of nitrogens with one attached hydrogen (secondary N) is 2. The molecule has 1 atom stereocenters. The highest BCUT2D eigenvalue weighted by Gasteiger charge is 2.46. The second kappa shape index (κ2) is 6.77. The second-order valence-corrected chi connectivity index (χ2v) is 6.71. The van der Waals surface area contributed by atoms with E-state index < -0.39 is 16.9 Å². The first-order valence-electron chi connectivity index (χ1n) is 8.31.